The highest BCUT2D eigenvalue weighted by Crippen LogP contribution is 2.17. The predicted molar refractivity (Wildman–Crippen MR) is 80.1 cm³/mol. The van der Waals surface area contributed by atoms with Gasteiger partial charge in [-0.2, -0.15) is 0 Å². The van der Waals surface area contributed by atoms with E-state index in [-0.39, 0.29) is 12.3 Å². The maximum atomic E-state index is 12.0. The van der Waals surface area contributed by atoms with Crippen LogP contribution in [-0.4, -0.2) is 17.0 Å². The summed E-state index contributed by atoms with van der Waals surface area (Å²) in [6.45, 7) is 0. The maximum absolute atomic E-state index is 12.0. The molecule has 4 nitrogen and oxygen atoms in total. The van der Waals surface area contributed by atoms with Crippen LogP contribution in [0.1, 0.15) is 17.2 Å². The van der Waals surface area contributed by atoms with Gasteiger partial charge in [0.1, 0.15) is 0 Å². The molecule has 0 aliphatic carbocycles. The summed E-state index contributed by atoms with van der Waals surface area (Å²) in [5.41, 5.74) is 1.31. The first-order chi connectivity index (χ1) is 10.1. The minimum Gasteiger partial charge on any atom is -0.479 e. The molecule has 0 saturated carbocycles. The van der Waals surface area contributed by atoms with Crippen LogP contribution in [0.2, 0.25) is 5.02 Å². The predicted octanol–water partition coefficient (Wildman–Crippen LogP) is 2.82. The summed E-state index contributed by atoms with van der Waals surface area (Å²) in [5.74, 6) is -1.46. The monoisotopic (exact) mass is 303 g/mol. The Hall–Kier alpha value is -2.33. The lowest BCUT2D eigenvalue weighted by Gasteiger charge is -2.15. The van der Waals surface area contributed by atoms with Gasteiger partial charge in [-0.15, -0.1) is 0 Å². The van der Waals surface area contributed by atoms with Gasteiger partial charge in [0, 0.05) is 5.02 Å². The van der Waals surface area contributed by atoms with Gasteiger partial charge in [0.25, 0.3) is 0 Å². The smallest absolute Gasteiger partial charge is 0.330 e. The number of carboxylic acids is 1. The topological polar surface area (TPSA) is 66.4 Å². The Morgan fingerprint density at radius 1 is 1.05 bits per heavy atom. The average Bonchev–Trinajstić information content (AvgIpc) is 2.47. The zero-order valence-corrected chi connectivity index (χ0v) is 11.9. The van der Waals surface area contributed by atoms with Crippen molar-refractivity contribution in [2.45, 2.75) is 12.5 Å². The van der Waals surface area contributed by atoms with Crippen molar-refractivity contribution in [2.24, 2.45) is 0 Å². The molecule has 0 bridgehead atoms. The molecule has 2 rings (SSSR count). The number of rotatable bonds is 5. The van der Waals surface area contributed by atoms with Crippen LogP contribution in [0.3, 0.4) is 0 Å². The van der Waals surface area contributed by atoms with E-state index < -0.39 is 12.0 Å². The molecular weight excluding hydrogens is 290 g/mol. The molecule has 0 spiro atoms. The molecule has 1 unspecified atom stereocenters. The lowest BCUT2D eigenvalue weighted by Crippen LogP contribution is -2.34. The molecule has 1 amide bonds. The third kappa shape index (κ3) is 4.33. The molecule has 21 heavy (non-hydrogen) atoms. The van der Waals surface area contributed by atoms with Crippen LogP contribution < -0.4 is 5.32 Å². The molecule has 0 fully saturated rings. The Balaban J connectivity index is 2.08. The first kappa shape index (κ1) is 15.1. The number of halogens is 1. The molecule has 0 aliphatic heterocycles. The molecule has 0 radical (unpaired) electrons. The normalized spacial score (nSPS) is 11.7. The first-order valence-electron chi connectivity index (χ1n) is 6.38. The number of nitrogens with one attached hydrogen (secondary N) is 1. The summed E-state index contributed by atoms with van der Waals surface area (Å²) >= 11 is 5.77. The maximum Gasteiger partial charge on any atom is 0.330 e. The summed E-state index contributed by atoms with van der Waals surface area (Å²) in [4.78, 5) is 23.3. The lowest BCUT2D eigenvalue weighted by molar-refractivity contribution is -0.141. The van der Waals surface area contributed by atoms with E-state index in [0.717, 1.165) is 5.56 Å². The van der Waals surface area contributed by atoms with Crippen molar-refractivity contribution < 1.29 is 14.7 Å². The highest BCUT2D eigenvalue weighted by atomic mass is 35.5. The Bertz CT molecular complexity index is 626. The van der Waals surface area contributed by atoms with E-state index in [1.807, 2.05) is 30.3 Å². The Morgan fingerprint density at radius 2 is 1.67 bits per heavy atom. The van der Waals surface area contributed by atoms with Crippen molar-refractivity contribution in [3.8, 4) is 0 Å². The van der Waals surface area contributed by atoms with Gasteiger partial charge in [0.15, 0.2) is 6.04 Å². The standard InChI is InChI=1S/C16H14ClNO3/c17-13-8-6-12(7-9-13)15(16(20)21)18-14(19)10-11-4-2-1-3-5-11/h1-9,15H,10H2,(H,18,19)(H,20,21). The molecule has 0 heterocycles. The largest absolute Gasteiger partial charge is 0.479 e. The zero-order valence-electron chi connectivity index (χ0n) is 11.1. The molecule has 0 aliphatic rings. The minimum atomic E-state index is -1.11. The van der Waals surface area contributed by atoms with E-state index in [1.54, 1.807) is 24.3 Å². The molecule has 2 N–H and O–H groups in total. The number of carbonyl (C=O) groups excluding carboxylic acids is 1. The molecule has 2 aromatic carbocycles. The average molecular weight is 304 g/mol. The SMILES string of the molecule is O=C(Cc1ccccc1)NC(C(=O)O)c1ccc(Cl)cc1. The van der Waals surface area contributed by atoms with Gasteiger partial charge in [-0.25, -0.2) is 4.79 Å². The summed E-state index contributed by atoms with van der Waals surface area (Å²) in [6.07, 6.45) is 0.137. The Labute approximate surface area is 127 Å². The quantitative estimate of drug-likeness (QED) is 0.892. The second-order valence-electron chi connectivity index (χ2n) is 4.55. The van der Waals surface area contributed by atoms with E-state index in [4.69, 9.17) is 11.6 Å². The highest BCUT2D eigenvalue weighted by Gasteiger charge is 2.21. The van der Waals surface area contributed by atoms with Crippen LogP contribution in [0.5, 0.6) is 0 Å². The molecule has 0 saturated heterocycles. The third-order valence-electron chi connectivity index (χ3n) is 2.96. The van der Waals surface area contributed by atoms with Crippen LogP contribution >= 0.6 is 11.6 Å². The number of amides is 1. The fourth-order valence-electron chi connectivity index (χ4n) is 1.94. The number of carbonyl (C=O) groups is 2. The van der Waals surface area contributed by atoms with Gasteiger partial charge in [-0.3, -0.25) is 4.79 Å². The summed E-state index contributed by atoms with van der Waals surface area (Å²) < 4.78 is 0. The Morgan fingerprint density at radius 3 is 2.24 bits per heavy atom. The van der Waals surface area contributed by atoms with Crippen molar-refractivity contribution in [2.75, 3.05) is 0 Å². The van der Waals surface area contributed by atoms with Gasteiger partial charge >= 0.3 is 5.97 Å². The number of carboxylic acid groups (broad SMARTS) is 1. The summed E-state index contributed by atoms with van der Waals surface area (Å²) in [7, 11) is 0. The second-order valence-corrected chi connectivity index (χ2v) is 4.99. The number of benzene rings is 2. The van der Waals surface area contributed by atoms with Crippen LogP contribution in [0.4, 0.5) is 0 Å². The van der Waals surface area contributed by atoms with Gasteiger partial charge < -0.3 is 10.4 Å². The van der Waals surface area contributed by atoms with Crippen LogP contribution in [0, 0.1) is 0 Å². The van der Waals surface area contributed by atoms with Gasteiger partial charge in [0.2, 0.25) is 5.91 Å². The van der Waals surface area contributed by atoms with Gasteiger partial charge in [-0.1, -0.05) is 54.1 Å². The van der Waals surface area contributed by atoms with Crippen molar-refractivity contribution in [3.05, 3.63) is 70.7 Å². The van der Waals surface area contributed by atoms with Gasteiger partial charge in [0.05, 0.1) is 6.42 Å². The van der Waals surface area contributed by atoms with Crippen LogP contribution in [0.25, 0.3) is 0 Å². The molecular formula is C16H14ClNO3. The number of hydrogen-bond donors (Lipinski definition) is 2. The number of aliphatic carboxylic acids is 1. The van der Waals surface area contributed by atoms with Crippen LogP contribution in [0.15, 0.2) is 54.6 Å². The van der Waals surface area contributed by atoms with Crippen molar-refractivity contribution in [1.29, 1.82) is 0 Å². The highest BCUT2D eigenvalue weighted by molar-refractivity contribution is 6.30. The summed E-state index contributed by atoms with van der Waals surface area (Å²) in [6, 6.07) is 14.4. The molecule has 5 heteroatoms. The molecule has 108 valence electrons. The minimum absolute atomic E-state index is 0.137. The second kappa shape index (κ2) is 6.90. The summed E-state index contributed by atoms with van der Waals surface area (Å²) in [5, 5.41) is 12.3. The van der Waals surface area contributed by atoms with E-state index >= 15 is 0 Å². The van der Waals surface area contributed by atoms with E-state index in [2.05, 4.69) is 5.32 Å². The van der Waals surface area contributed by atoms with Crippen molar-refractivity contribution >= 4 is 23.5 Å². The van der Waals surface area contributed by atoms with E-state index in [0.29, 0.717) is 10.6 Å². The molecule has 2 aromatic rings. The Kier molecular flexibility index (Phi) is 4.95. The lowest BCUT2D eigenvalue weighted by atomic mass is 10.1. The fraction of sp³-hybridized carbons (Fsp3) is 0.125. The zero-order chi connectivity index (χ0) is 15.2. The van der Waals surface area contributed by atoms with E-state index in [9.17, 15) is 14.7 Å². The van der Waals surface area contributed by atoms with E-state index in [1.165, 1.54) is 0 Å². The first-order valence-corrected chi connectivity index (χ1v) is 6.75. The van der Waals surface area contributed by atoms with Gasteiger partial charge in [-0.05, 0) is 23.3 Å². The molecule has 0 aromatic heterocycles. The van der Waals surface area contributed by atoms with Crippen molar-refractivity contribution in [3.63, 3.8) is 0 Å². The third-order valence-corrected chi connectivity index (χ3v) is 3.22. The van der Waals surface area contributed by atoms with Crippen LogP contribution in [-0.2, 0) is 16.0 Å². The number of hydrogen-bond acceptors (Lipinski definition) is 2. The molecule has 1 atom stereocenters. The van der Waals surface area contributed by atoms with Crippen molar-refractivity contribution in [1.82, 2.24) is 5.32 Å². The fourth-order valence-corrected chi connectivity index (χ4v) is 2.06.